The van der Waals surface area contributed by atoms with Gasteiger partial charge in [0.25, 0.3) is 0 Å². The summed E-state index contributed by atoms with van der Waals surface area (Å²) < 4.78 is 5.71. The number of carboxylic acids is 1. The number of amidine groups is 1. The number of hydrogen-bond donors (Lipinski definition) is 4. The summed E-state index contributed by atoms with van der Waals surface area (Å²) >= 11 is 0. The molecular formula is C36H59N3O6. The summed E-state index contributed by atoms with van der Waals surface area (Å²) in [5, 5.41) is 20.1. The van der Waals surface area contributed by atoms with E-state index < -0.39 is 29.8 Å². The number of ether oxygens (including phenoxy) is 1. The number of carboxylic acid groups (broad SMARTS) is 1. The van der Waals surface area contributed by atoms with Crippen LogP contribution < -0.4 is 16.0 Å². The second-order valence-corrected chi connectivity index (χ2v) is 11.9. The van der Waals surface area contributed by atoms with Crippen molar-refractivity contribution in [3.05, 3.63) is 42.0 Å². The Labute approximate surface area is 271 Å². The largest absolute Gasteiger partial charge is 0.494 e. The molecule has 9 heteroatoms. The Morgan fingerprint density at radius 1 is 0.889 bits per heavy atom. The van der Waals surface area contributed by atoms with E-state index in [9.17, 15) is 24.7 Å². The third-order valence-electron chi connectivity index (χ3n) is 8.00. The van der Waals surface area contributed by atoms with E-state index in [0.717, 1.165) is 69.1 Å². The Hall–Kier alpha value is -3.20. The van der Waals surface area contributed by atoms with Crippen LogP contribution in [-0.4, -0.2) is 46.5 Å². The van der Waals surface area contributed by atoms with Crippen molar-refractivity contribution in [3.63, 3.8) is 0 Å². The molecule has 0 saturated carbocycles. The van der Waals surface area contributed by atoms with Crippen LogP contribution in [0.2, 0.25) is 0 Å². The molecule has 5 N–H and O–H groups in total. The first kappa shape index (κ1) is 39.8. The second kappa shape index (κ2) is 25.0. The molecule has 0 aromatic heterocycles. The lowest BCUT2D eigenvalue weighted by Gasteiger charge is -2.23. The van der Waals surface area contributed by atoms with Crippen LogP contribution in [0.15, 0.2) is 41.4 Å². The highest BCUT2D eigenvalue weighted by Gasteiger charge is 2.31. The van der Waals surface area contributed by atoms with Crippen LogP contribution in [0.1, 0.15) is 129 Å². The van der Waals surface area contributed by atoms with Crippen molar-refractivity contribution >= 4 is 23.5 Å². The first-order chi connectivity index (χ1) is 21.8. The molecule has 0 aliphatic rings. The van der Waals surface area contributed by atoms with Crippen LogP contribution in [0, 0.1) is 11.8 Å². The van der Waals surface area contributed by atoms with E-state index in [2.05, 4.69) is 24.3 Å². The second-order valence-electron chi connectivity index (χ2n) is 11.9. The van der Waals surface area contributed by atoms with E-state index in [0.29, 0.717) is 38.1 Å². The lowest BCUT2D eigenvalue weighted by atomic mass is 9.86. The Balaban J connectivity index is 2.82. The zero-order valence-corrected chi connectivity index (χ0v) is 28.0. The van der Waals surface area contributed by atoms with E-state index in [1.54, 1.807) is 6.08 Å². The smallest absolute Gasteiger partial charge is 0.307 e. The van der Waals surface area contributed by atoms with E-state index >= 15 is 0 Å². The maximum absolute atomic E-state index is 12.4. The molecule has 0 saturated heterocycles. The van der Waals surface area contributed by atoms with Crippen molar-refractivity contribution in [1.29, 1.82) is 0 Å². The number of nitrogens with one attached hydrogen (secondary N) is 1. The molecule has 1 aromatic rings. The number of amides is 1. The lowest BCUT2D eigenvalue weighted by molar-refractivity contribution is -0.142. The summed E-state index contributed by atoms with van der Waals surface area (Å²) in [6.07, 6.45) is 18.5. The van der Waals surface area contributed by atoms with Crippen molar-refractivity contribution in [2.24, 2.45) is 22.6 Å². The number of benzene rings is 1. The molecule has 0 aliphatic carbocycles. The van der Waals surface area contributed by atoms with Gasteiger partial charge in [-0.25, -0.2) is 0 Å². The molecule has 1 amide bonds. The van der Waals surface area contributed by atoms with Gasteiger partial charge in [-0.05, 0) is 56.2 Å². The Morgan fingerprint density at radius 2 is 1.51 bits per heavy atom. The Morgan fingerprint density at radius 3 is 2.07 bits per heavy atom. The van der Waals surface area contributed by atoms with Crippen molar-refractivity contribution in [2.45, 2.75) is 136 Å². The predicted octanol–water partition coefficient (Wildman–Crippen LogP) is 7.58. The summed E-state index contributed by atoms with van der Waals surface area (Å²) in [5.74, 6) is -2.19. The number of ketones is 1. The fourth-order valence-electron chi connectivity index (χ4n) is 5.26. The van der Waals surface area contributed by atoms with E-state index in [-0.39, 0.29) is 12.3 Å². The summed E-state index contributed by atoms with van der Waals surface area (Å²) in [5.41, 5.74) is 8.59. The van der Waals surface area contributed by atoms with Crippen LogP contribution in [0.4, 0.5) is 0 Å². The molecule has 0 bridgehead atoms. The average Bonchev–Trinajstić information content (AvgIpc) is 3.02. The van der Waals surface area contributed by atoms with Crippen LogP contribution in [0.25, 0.3) is 0 Å². The number of nitrogens with zero attached hydrogens (tertiary/aromatic N) is 1. The van der Waals surface area contributed by atoms with Crippen molar-refractivity contribution in [1.82, 2.24) is 5.48 Å². The third-order valence-corrected chi connectivity index (χ3v) is 8.00. The van der Waals surface area contributed by atoms with Crippen molar-refractivity contribution in [2.75, 3.05) is 6.61 Å². The molecule has 0 fully saturated rings. The first-order valence-corrected chi connectivity index (χ1v) is 17.2. The normalized spacial score (nSPS) is 13.8. The number of allylic oxidation sites excluding steroid dienone is 1. The molecule has 0 unspecified atom stereocenters. The molecule has 1 rings (SSSR count). The monoisotopic (exact) mass is 629 g/mol. The number of hydroxylamine groups is 1. The first-order valence-electron chi connectivity index (χ1n) is 17.2. The van der Waals surface area contributed by atoms with Crippen LogP contribution >= 0.6 is 0 Å². The highest BCUT2D eigenvalue weighted by molar-refractivity contribution is 5.92. The number of Topliss-reactive ketones (excluding diaryl/α,β-unsaturated/α-hetero) is 1. The number of primary amides is 1. The Kier molecular flexibility index (Phi) is 22.2. The maximum Gasteiger partial charge on any atom is 0.307 e. The predicted molar refractivity (Wildman–Crippen MR) is 181 cm³/mol. The molecule has 9 nitrogen and oxygen atoms in total. The van der Waals surface area contributed by atoms with Gasteiger partial charge in [0.15, 0.2) is 0 Å². The average molecular weight is 630 g/mol. The minimum Gasteiger partial charge on any atom is -0.494 e. The number of rotatable bonds is 27. The molecular weight excluding hydrogens is 570 g/mol. The van der Waals surface area contributed by atoms with Gasteiger partial charge >= 0.3 is 5.97 Å². The molecule has 45 heavy (non-hydrogen) atoms. The van der Waals surface area contributed by atoms with E-state index in [1.807, 2.05) is 37.3 Å². The standard InChI is InChI=1S/C36H59N3O6/c1-4-7-9-12-15-19-29(40)20-16-13-10-11-14-17-21-31(32(18-6-3)36(42)43)35(39-44)38-33(34(37)41)27-28-22-24-30(25-23-28)45-26-8-5-2/h17,21-25,31-33,44H,4-16,18-20,26-27H2,1-3H3,(H2,37,41)(H,38,39)(H,42,43)/b21-17+/t31-,32+,33-/m0/s1. The van der Waals surface area contributed by atoms with Crippen LogP contribution in [0.3, 0.4) is 0 Å². The minimum absolute atomic E-state index is 0.00336. The maximum atomic E-state index is 12.4. The van der Waals surface area contributed by atoms with Gasteiger partial charge in [-0.2, -0.15) is 0 Å². The number of nitrogens with two attached hydrogens (primary N) is 1. The van der Waals surface area contributed by atoms with E-state index in [4.69, 9.17) is 10.5 Å². The molecule has 0 aliphatic heterocycles. The summed E-state index contributed by atoms with van der Waals surface area (Å²) in [6, 6.07) is 6.35. The quantitative estimate of drug-likeness (QED) is 0.0257. The lowest BCUT2D eigenvalue weighted by Crippen LogP contribution is -2.39. The van der Waals surface area contributed by atoms with Crippen LogP contribution in [-0.2, 0) is 20.8 Å². The minimum atomic E-state index is -1.00. The Bertz CT molecular complexity index is 1020. The van der Waals surface area contributed by atoms with E-state index in [1.165, 1.54) is 19.3 Å². The van der Waals surface area contributed by atoms with Gasteiger partial charge in [0.05, 0.1) is 12.5 Å². The zero-order chi connectivity index (χ0) is 33.3. The van der Waals surface area contributed by atoms with Gasteiger partial charge in [0.2, 0.25) is 5.91 Å². The summed E-state index contributed by atoms with van der Waals surface area (Å²) in [4.78, 5) is 41.2. The third kappa shape index (κ3) is 17.8. The molecule has 0 radical (unpaired) electrons. The van der Waals surface area contributed by atoms with Gasteiger partial charge in [-0.1, -0.05) is 96.4 Å². The SMILES string of the molecule is CCCCCCCC(=O)CCCCCC/C=C/[C@H](C(=N[C@@H](Cc1ccc(OCCCC)cc1)C(N)=O)NO)[C@@H](CCC)C(=O)O. The van der Waals surface area contributed by atoms with Crippen LogP contribution in [0.5, 0.6) is 5.75 Å². The topological polar surface area (TPSA) is 151 Å². The molecule has 0 heterocycles. The molecule has 254 valence electrons. The highest BCUT2D eigenvalue weighted by Crippen LogP contribution is 2.23. The fourth-order valence-corrected chi connectivity index (χ4v) is 5.26. The number of carbonyl (C=O) groups excluding carboxylic acids is 2. The molecule has 3 atom stereocenters. The van der Waals surface area contributed by atoms with Gasteiger partial charge in [0, 0.05) is 25.2 Å². The zero-order valence-electron chi connectivity index (χ0n) is 28.0. The number of carbonyl (C=O) groups is 3. The fraction of sp³-hybridized carbons (Fsp3) is 0.667. The number of unbranched alkanes of at least 4 members (excludes halogenated alkanes) is 9. The number of aliphatic imine (C=N–C) groups is 1. The van der Waals surface area contributed by atoms with Crippen molar-refractivity contribution < 1.29 is 29.4 Å². The van der Waals surface area contributed by atoms with Crippen molar-refractivity contribution in [3.8, 4) is 5.75 Å². The summed E-state index contributed by atoms with van der Waals surface area (Å²) in [6.45, 7) is 6.82. The summed E-state index contributed by atoms with van der Waals surface area (Å²) in [7, 11) is 0. The van der Waals surface area contributed by atoms with Gasteiger partial charge in [0.1, 0.15) is 23.4 Å². The number of hydrogen-bond acceptors (Lipinski definition) is 6. The molecule has 0 spiro atoms. The van der Waals surface area contributed by atoms with Gasteiger partial charge < -0.3 is 15.6 Å². The highest BCUT2D eigenvalue weighted by atomic mass is 16.5. The number of aliphatic carboxylic acids is 1. The van der Waals surface area contributed by atoms with Gasteiger partial charge in [-0.15, -0.1) is 0 Å². The molecule has 1 aromatic carbocycles. The van der Waals surface area contributed by atoms with Gasteiger partial charge in [-0.3, -0.25) is 30.1 Å².